The van der Waals surface area contributed by atoms with E-state index in [1.54, 1.807) is 7.11 Å². The molecule has 0 bridgehead atoms. The Labute approximate surface area is 185 Å². The molecular formula is C25H32N2O2S. The normalized spacial score (nSPS) is 18.7. The van der Waals surface area contributed by atoms with Crippen LogP contribution < -0.4 is 5.32 Å². The Hall–Kier alpha value is -2.24. The summed E-state index contributed by atoms with van der Waals surface area (Å²) in [5.41, 5.74) is 0.750. The lowest BCUT2D eigenvalue weighted by Crippen LogP contribution is -2.61. The van der Waals surface area contributed by atoms with Crippen molar-refractivity contribution in [1.29, 1.82) is 0 Å². The van der Waals surface area contributed by atoms with Gasteiger partial charge in [0, 0.05) is 25.6 Å². The molecule has 5 heteroatoms. The van der Waals surface area contributed by atoms with Crippen LogP contribution in [0.3, 0.4) is 0 Å². The third-order valence-electron chi connectivity index (χ3n) is 6.14. The predicted octanol–water partition coefficient (Wildman–Crippen LogP) is 4.63. The van der Waals surface area contributed by atoms with Gasteiger partial charge in [-0.05, 0) is 51.3 Å². The Bertz CT molecular complexity index is 869. The molecule has 0 spiro atoms. The predicted molar refractivity (Wildman–Crippen MR) is 126 cm³/mol. The first-order valence-electron chi connectivity index (χ1n) is 10.5. The maximum Gasteiger partial charge on any atom is 0.252 e. The third kappa shape index (κ3) is 4.90. The molecule has 1 fully saturated rings. The number of ether oxygens (including phenoxy) is 1. The average molecular weight is 425 g/mol. The van der Waals surface area contributed by atoms with Gasteiger partial charge in [0.25, 0.3) is 5.91 Å². The largest absolute Gasteiger partial charge is 0.377 e. The smallest absolute Gasteiger partial charge is 0.252 e. The first kappa shape index (κ1) is 22.4. The molecule has 0 unspecified atom stereocenters. The molecule has 1 saturated heterocycles. The summed E-state index contributed by atoms with van der Waals surface area (Å²) in [7, 11) is 1.75. The number of nitrogens with one attached hydrogen (secondary N) is 1. The van der Waals surface area contributed by atoms with E-state index in [-0.39, 0.29) is 17.6 Å². The number of hydrogen-bond acceptors (Lipinski definition) is 3. The Morgan fingerprint density at radius 2 is 1.70 bits per heavy atom. The molecule has 2 atom stereocenters. The van der Waals surface area contributed by atoms with E-state index < -0.39 is 5.54 Å². The lowest BCUT2D eigenvalue weighted by Gasteiger charge is -2.43. The molecule has 1 aliphatic rings. The van der Waals surface area contributed by atoms with Crippen LogP contribution in [0.5, 0.6) is 0 Å². The number of nitrogens with zero attached hydrogens (tertiary/aromatic N) is 1. The number of thiocarbonyl (C=S) groups is 1. The van der Waals surface area contributed by atoms with Crippen LogP contribution in [0.2, 0.25) is 0 Å². The molecule has 0 aliphatic carbocycles. The molecule has 3 rings (SSSR count). The van der Waals surface area contributed by atoms with Gasteiger partial charge >= 0.3 is 0 Å². The fourth-order valence-corrected chi connectivity index (χ4v) is 4.62. The van der Waals surface area contributed by atoms with Gasteiger partial charge < -0.3 is 15.0 Å². The fourth-order valence-electron chi connectivity index (χ4n) is 4.28. The lowest BCUT2D eigenvalue weighted by atomic mass is 9.89. The van der Waals surface area contributed by atoms with Crippen LogP contribution in [0.25, 0.3) is 0 Å². The van der Waals surface area contributed by atoms with Gasteiger partial charge in [-0.1, -0.05) is 60.7 Å². The maximum atomic E-state index is 13.1. The first-order valence-corrected chi connectivity index (χ1v) is 11.0. The van der Waals surface area contributed by atoms with Crippen LogP contribution >= 0.6 is 12.2 Å². The van der Waals surface area contributed by atoms with Crippen molar-refractivity contribution >= 4 is 23.1 Å². The molecule has 0 saturated carbocycles. The van der Waals surface area contributed by atoms with E-state index in [9.17, 15) is 4.79 Å². The second-order valence-corrected chi connectivity index (χ2v) is 9.17. The summed E-state index contributed by atoms with van der Waals surface area (Å²) in [6.45, 7) is 7.13. The van der Waals surface area contributed by atoms with Crippen LogP contribution in [0.1, 0.15) is 49.5 Å². The highest BCUT2D eigenvalue weighted by atomic mass is 32.1. The molecule has 0 aromatic heterocycles. The van der Waals surface area contributed by atoms with Crippen LogP contribution in [0.15, 0.2) is 60.7 Å². The van der Waals surface area contributed by atoms with E-state index in [1.807, 2.05) is 55.5 Å². The molecule has 2 aromatic carbocycles. The summed E-state index contributed by atoms with van der Waals surface area (Å²) < 4.78 is 5.79. The molecule has 1 aliphatic heterocycles. The summed E-state index contributed by atoms with van der Waals surface area (Å²) in [5.74, 6) is -0.113. The van der Waals surface area contributed by atoms with Crippen molar-refractivity contribution in [2.24, 2.45) is 0 Å². The topological polar surface area (TPSA) is 41.6 Å². The number of amides is 1. The maximum absolute atomic E-state index is 13.1. The number of benzene rings is 2. The van der Waals surface area contributed by atoms with Crippen molar-refractivity contribution in [3.63, 3.8) is 0 Å². The molecule has 1 heterocycles. The summed E-state index contributed by atoms with van der Waals surface area (Å²) in [4.78, 5) is 16.1. The van der Waals surface area contributed by atoms with Gasteiger partial charge in [-0.2, -0.15) is 0 Å². The number of hydrogen-bond donors (Lipinski definition) is 1. The van der Waals surface area contributed by atoms with Crippen molar-refractivity contribution in [2.45, 2.75) is 57.2 Å². The zero-order chi connectivity index (χ0) is 21.8. The van der Waals surface area contributed by atoms with Gasteiger partial charge in [-0.25, -0.2) is 0 Å². The SMILES string of the molecule is COC(C)(C)[C@@H]1CCCN1C(=S)[C@@](C)(Cc1ccccc1)NC(=O)c1ccccc1. The van der Waals surface area contributed by atoms with Gasteiger partial charge in [0.15, 0.2) is 0 Å². The van der Waals surface area contributed by atoms with Gasteiger partial charge in [0.1, 0.15) is 4.99 Å². The average Bonchev–Trinajstić information content (AvgIpc) is 3.25. The van der Waals surface area contributed by atoms with E-state index in [0.29, 0.717) is 12.0 Å². The molecule has 0 radical (unpaired) electrons. The molecule has 2 aromatic rings. The Balaban J connectivity index is 1.92. The standard InChI is InChI=1S/C25H32N2O2S/c1-24(2,29-4)21-16-11-17-27(21)23(30)25(3,18-19-12-7-5-8-13-19)26-22(28)20-14-9-6-10-15-20/h5-10,12-15,21H,11,16-18H2,1-4H3,(H,26,28)/t21-,25+/m0/s1. The zero-order valence-electron chi connectivity index (χ0n) is 18.4. The molecule has 30 heavy (non-hydrogen) atoms. The van der Waals surface area contributed by atoms with E-state index in [0.717, 1.165) is 29.9 Å². The Morgan fingerprint density at radius 1 is 1.10 bits per heavy atom. The number of likely N-dealkylation sites (tertiary alicyclic amines) is 1. The summed E-state index contributed by atoms with van der Waals surface area (Å²) in [6, 6.07) is 19.7. The van der Waals surface area contributed by atoms with Gasteiger partial charge in [0.2, 0.25) is 0 Å². The van der Waals surface area contributed by atoms with Crippen molar-refractivity contribution < 1.29 is 9.53 Å². The number of carbonyl (C=O) groups is 1. The monoisotopic (exact) mass is 424 g/mol. The summed E-state index contributed by atoms with van der Waals surface area (Å²) in [6.07, 6.45) is 2.71. The van der Waals surface area contributed by atoms with Crippen LogP contribution in [-0.2, 0) is 11.2 Å². The van der Waals surface area contributed by atoms with Crippen molar-refractivity contribution in [1.82, 2.24) is 10.2 Å². The highest BCUT2D eigenvalue weighted by Crippen LogP contribution is 2.32. The van der Waals surface area contributed by atoms with E-state index >= 15 is 0 Å². The summed E-state index contributed by atoms with van der Waals surface area (Å²) >= 11 is 6.07. The second-order valence-electron chi connectivity index (χ2n) is 8.78. The highest BCUT2D eigenvalue weighted by Gasteiger charge is 2.44. The van der Waals surface area contributed by atoms with E-state index in [4.69, 9.17) is 17.0 Å². The minimum atomic E-state index is -0.698. The quantitative estimate of drug-likeness (QED) is 0.658. The van der Waals surface area contributed by atoms with E-state index in [1.165, 1.54) is 0 Å². The van der Waals surface area contributed by atoms with E-state index in [2.05, 4.69) is 36.2 Å². The number of carbonyl (C=O) groups excluding carboxylic acids is 1. The Kier molecular flexibility index (Phi) is 6.94. The van der Waals surface area contributed by atoms with Gasteiger partial charge in [0.05, 0.1) is 17.2 Å². The zero-order valence-corrected chi connectivity index (χ0v) is 19.2. The summed E-state index contributed by atoms with van der Waals surface area (Å²) in [5, 5.41) is 3.26. The van der Waals surface area contributed by atoms with Crippen molar-refractivity contribution in [2.75, 3.05) is 13.7 Å². The third-order valence-corrected chi connectivity index (χ3v) is 6.83. The van der Waals surface area contributed by atoms with Crippen molar-refractivity contribution in [3.8, 4) is 0 Å². The highest BCUT2D eigenvalue weighted by molar-refractivity contribution is 7.80. The van der Waals surface area contributed by atoms with Gasteiger partial charge in [-0.15, -0.1) is 0 Å². The Morgan fingerprint density at radius 3 is 2.30 bits per heavy atom. The second kappa shape index (κ2) is 9.27. The minimum absolute atomic E-state index is 0.113. The fraction of sp³-hybridized carbons (Fsp3) is 0.440. The molecule has 160 valence electrons. The van der Waals surface area contributed by atoms with Gasteiger partial charge in [-0.3, -0.25) is 4.79 Å². The molecule has 1 N–H and O–H groups in total. The molecule has 1 amide bonds. The number of rotatable bonds is 7. The van der Waals surface area contributed by atoms with Crippen LogP contribution in [0.4, 0.5) is 0 Å². The molecular weight excluding hydrogens is 392 g/mol. The van der Waals surface area contributed by atoms with Crippen LogP contribution in [-0.4, -0.2) is 46.6 Å². The van der Waals surface area contributed by atoms with Crippen LogP contribution in [0, 0.1) is 0 Å². The minimum Gasteiger partial charge on any atom is -0.377 e. The lowest BCUT2D eigenvalue weighted by molar-refractivity contribution is -0.0257. The molecule has 4 nitrogen and oxygen atoms in total. The number of methoxy groups -OCH3 is 1. The van der Waals surface area contributed by atoms with Crippen molar-refractivity contribution in [3.05, 3.63) is 71.8 Å². The first-order chi connectivity index (χ1) is 14.3.